The van der Waals surface area contributed by atoms with Crippen molar-refractivity contribution in [2.75, 3.05) is 0 Å². The molecule has 0 bridgehead atoms. The van der Waals surface area contributed by atoms with Crippen LogP contribution in [0.15, 0.2) is 11.1 Å². The summed E-state index contributed by atoms with van der Waals surface area (Å²) in [5, 5.41) is 1.28. The molecule has 40 valence electrons. The van der Waals surface area contributed by atoms with E-state index in [-0.39, 0.29) is 5.70 Å². The first kappa shape index (κ1) is 6.52. The van der Waals surface area contributed by atoms with Crippen LogP contribution in [0.5, 0.6) is 0 Å². The smallest absolute Gasteiger partial charge is 0.167 e. The van der Waals surface area contributed by atoms with Gasteiger partial charge in [0.2, 0.25) is 0 Å². The van der Waals surface area contributed by atoms with Crippen molar-refractivity contribution in [1.82, 2.24) is 5.43 Å². The minimum absolute atomic E-state index is 0.267. The van der Waals surface area contributed by atoms with Crippen molar-refractivity contribution in [2.45, 2.75) is 0 Å². The zero-order valence-electron chi connectivity index (χ0n) is 3.59. The van der Waals surface area contributed by atoms with E-state index in [1.807, 2.05) is 0 Å². The highest BCUT2D eigenvalue weighted by Gasteiger charge is 1.81. The first-order valence-electron chi connectivity index (χ1n) is 1.61. The van der Waals surface area contributed by atoms with Crippen molar-refractivity contribution in [3.05, 3.63) is 11.1 Å². The van der Waals surface area contributed by atoms with Crippen molar-refractivity contribution in [1.29, 1.82) is 0 Å². The predicted octanol–water partition coefficient (Wildman–Crippen LogP) is -0.580. The molecule has 0 amide bonds. The second kappa shape index (κ2) is 3.70. The Bertz CT molecular complexity index is 90.9. The molecule has 0 saturated heterocycles. The van der Waals surface area contributed by atoms with Crippen molar-refractivity contribution < 1.29 is 4.79 Å². The van der Waals surface area contributed by atoms with E-state index in [0.29, 0.717) is 6.29 Å². The molecular weight excluding hydrogens is 112 g/mol. The molecule has 0 radical (unpaired) electrons. The average Bonchev–Trinajstić information content (AvgIpc) is 1.72. The zero-order chi connectivity index (χ0) is 5.70. The highest BCUT2D eigenvalue weighted by atomic mass is 32.1. The van der Waals surface area contributed by atoms with Crippen LogP contribution in [0.4, 0.5) is 0 Å². The van der Waals surface area contributed by atoms with Crippen LogP contribution < -0.4 is 11.3 Å². The average molecular weight is 118 g/mol. The fourth-order valence-electron chi connectivity index (χ4n) is 0.102. The lowest BCUT2D eigenvalue weighted by molar-refractivity contribution is -0.105. The molecule has 0 aromatic rings. The van der Waals surface area contributed by atoms with E-state index in [2.05, 4.69) is 18.1 Å². The largest absolute Gasteiger partial charge is 0.321 e. The molecule has 0 rings (SSSR count). The van der Waals surface area contributed by atoms with Gasteiger partial charge in [0.1, 0.15) is 0 Å². The SMILES string of the molecule is NN/C(C=O)=C\S. The molecule has 0 aromatic heterocycles. The second-order valence-electron chi connectivity index (χ2n) is 0.847. The minimum atomic E-state index is 0.267. The maximum Gasteiger partial charge on any atom is 0.167 e. The van der Waals surface area contributed by atoms with Crippen molar-refractivity contribution in [2.24, 2.45) is 5.84 Å². The Morgan fingerprint density at radius 3 is 2.43 bits per heavy atom. The van der Waals surface area contributed by atoms with E-state index in [4.69, 9.17) is 5.84 Å². The van der Waals surface area contributed by atoms with Crippen molar-refractivity contribution in [3.63, 3.8) is 0 Å². The van der Waals surface area contributed by atoms with Crippen LogP contribution >= 0.6 is 12.6 Å². The third kappa shape index (κ3) is 2.24. The number of hydrogen-bond donors (Lipinski definition) is 3. The molecule has 0 atom stereocenters. The molecule has 0 fully saturated rings. The third-order valence-corrected chi connectivity index (χ3v) is 0.711. The summed E-state index contributed by atoms with van der Waals surface area (Å²) < 4.78 is 0. The summed E-state index contributed by atoms with van der Waals surface area (Å²) in [6, 6.07) is 0. The number of hydrogen-bond acceptors (Lipinski definition) is 4. The van der Waals surface area contributed by atoms with Gasteiger partial charge in [-0.25, -0.2) is 0 Å². The molecule has 0 unspecified atom stereocenters. The topological polar surface area (TPSA) is 55.1 Å². The van der Waals surface area contributed by atoms with E-state index in [1.54, 1.807) is 0 Å². The number of nitrogens with two attached hydrogens (primary N) is 1. The number of carbonyl (C=O) groups excluding carboxylic acids is 1. The lowest BCUT2D eigenvalue weighted by Gasteiger charge is -1.89. The fourth-order valence-corrected chi connectivity index (χ4v) is 0.237. The molecule has 7 heavy (non-hydrogen) atoms. The molecule has 0 aliphatic heterocycles. The Kier molecular flexibility index (Phi) is 3.45. The Morgan fingerprint density at radius 1 is 1.86 bits per heavy atom. The quantitative estimate of drug-likeness (QED) is 0.149. The van der Waals surface area contributed by atoms with E-state index < -0.39 is 0 Å². The Balaban J connectivity index is 3.60. The van der Waals surface area contributed by atoms with Gasteiger partial charge in [-0.15, -0.1) is 12.6 Å². The lowest BCUT2D eigenvalue weighted by Crippen LogP contribution is -2.21. The van der Waals surface area contributed by atoms with Gasteiger partial charge in [0, 0.05) is 0 Å². The fraction of sp³-hybridized carbons (Fsp3) is 0. The van der Waals surface area contributed by atoms with Crippen LogP contribution in [0, 0.1) is 0 Å². The van der Waals surface area contributed by atoms with Gasteiger partial charge in [0.05, 0.1) is 5.70 Å². The van der Waals surface area contributed by atoms with Crippen LogP contribution in [0.3, 0.4) is 0 Å². The third-order valence-electron chi connectivity index (χ3n) is 0.433. The van der Waals surface area contributed by atoms with Gasteiger partial charge in [-0.1, -0.05) is 0 Å². The van der Waals surface area contributed by atoms with Crippen LogP contribution in [0.1, 0.15) is 0 Å². The molecule has 3 nitrogen and oxygen atoms in total. The van der Waals surface area contributed by atoms with Crippen LogP contribution in [-0.2, 0) is 4.79 Å². The van der Waals surface area contributed by atoms with Crippen molar-refractivity contribution in [3.8, 4) is 0 Å². The summed E-state index contributed by atoms with van der Waals surface area (Å²) in [5.41, 5.74) is 2.39. The molecule has 0 heterocycles. The maximum atomic E-state index is 9.71. The van der Waals surface area contributed by atoms with Gasteiger partial charge in [0.25, 0.3) is 0 Å². The van der Waals surface area contributed by atoms with E-state index in [9.17, 15) is 4.79 Å². The zero-order valence-corrected chi connectivity index (χ0v) is 4.48. The molecular formula is C3H6N2OS. The number of hydrazine groups is 1. The number of thiol groups is 1. The number of rotatable bonds is 2. The molecule has 3 N–H and O–H groups in total. The van der Waals surface area contributed by atoms with E-state index >= 15 is 0 Å². The summed E-state index contributed by atoms with van der Waals surface area (Å²) in [4.78, 5) is 9.71. The molecule has 0 aromatic carbocycles. The second-order valence-corrected chi connectivity index (χ2v) is 1.10. The standard InChI is InChI=1S/C3H6N2OS/c4-5-3(1-6)2-7/h1-2,5,7H,4H2/b3-2-. The van der Waals surface area contributed by atoms with Crippen LogP contribution in [0.25, 0.3) is 0 Å². The lowest BCUT2D eigenvalue weighted by atomic mass is 10.6. The first-order valence-corrected chi connectivity index (χ1v) is 2.13. The monoisotopic (exact) mass is 118 g/mol. The molecule has 4 heteroatoms. The van der Waals surface area contributed by atoms with Gasteiger partial charge in [-0.2, -0.15) is 0 Å². The van der Waals surface area contributed by atoms with E-state index in [0.717, 1.165) is 0 Å². The number of aldehydes is 1. The summed E-state index contributed by atoms with van der Waals surface area (Å²) in [6.45, 7) is 0. The van der Waals surface area contributed by atoms with Gasteiger partial charge < -0.3 is 5.43 Å². The number of allylic oxidation sites excluding steroid dienone is 1. The Hall–Kier alpha value is -0.480. The maximum absolute atomic E-state index is 9.71. The summed E-state index contributed by atoms with van der Waals surface area (Å²) in [6.07, 6.45) is 0.576. The predicted molar refractivity (Wildman–Crippen MR) is 30.5 cm³/mol. The molecule has 0 spiro atoms. The van der Waals surface area contributed by atoms with Crippen molar-refractivity contribution >= 4 is 18.9 Å². The molecule has 0 saturated carbocycles. The highest BCUT2D eigenvalue weighted by molar-refractivity contribution is 7.83. The van der Waals surface area contributed by atoms with Gasteiger partial charge >= 0.3 is 0 Å². The first-order chi connectivity index (χ1) is 3.35. The number of carbonyl (C=O) groups is 1. The summed E-state index contributed by atoms with van der Waals surface area (Å²) in [5.74, 6) is 4.80. The minimum Gasteiger partial charge on any atom is -0.321 e. The Morgan fingerprint density at radius 2 is 2.43 bits per heavy atom. The Labute approximate surface area is 47.0 Å². The molecule has 0 aliphatic carbocycles. The van der Waals surface area contributed by atoms with Crippen LogP contribution in [0.2, 0.25) is 0 Å². The van der Waals surface area contributed by atoms with Crippen LogP contribution in [-0.4, -0.2) is 6.29 Å². The number of nitrogens with one attached hydrogen (secondary N) is 1. The van der Waals surface area contributed by atoms with E-state index in [1.165, 1.54) is 5.41 Å². The highest BCUT2D eigenvalue weighted by Crippen LogP contribution is 1.81. The van der Waals surface area contributed by atoms with Gasteiger partial charge in [-0.3, -0.25) is 10.6 Å². The van der Waals surface area contributed by atoms with Gasteiger partial charge in [0.15, 0.2) is 6.29 Å². The summed E-state index contributed by atoms with van der Waals surface area (Å²) >= 11 is 3.64. The summed E-state index contributed by atoms with van der Waals surface area (Å²) in [7, 11) is 0. The normalized spacial score (nSPS) is 10.9. The van der Waals surface area contributed by atoms with Gasteiger partial charge in [-0.05, 0) is 5.41 Å². The molecule has 0 aliphatic rings.